The first-order chi connectivity index (χ1) is 6.60. The Morgan fingerprint density at radius 2 is 1.87 bits per heavy atom. The summed E-state index contributed by atoms with van der Waals surface area (Å²) in [5, 5.41) is 3.06. The molecule has 4 nitrogen and oxygen atoms in total. The topological polar surface area (TPSA) is 53.6 Å². The van der Waals surface area contributed by atoms with Gasteiger partial charge in [-0.25, -0.2) is 0 Å². The van der Waals surface area contributed by atoms with E-state index in [1.807, 2.05) is 13.8 Å². The number of halogens is 1. The van der Waals surface area contributed by atoms with Gasteiger partial charge in [-0.2, -0.15) is 0 Å². The molecule has 0 aromatic carbocycles. The maximum Gasteiger partial charge on any atom is 0.188 e. The molecular formula is C10H25IN4. The van der Waals surface area contributed by atoms with Crippen LogP contribution in [0.4, 0.5) is 0 Å². The summed E-state index contributed by atoms with van der Waals surface area (Å²) in [7, 11) is 0. The summed E-state index contributed by atoms with van der Waals surface area (Å²) in [6.45, 7) is 12.3. The zero-order chi connectivity index (χ0) is 11.0. The van der Waals surface area contributed by atoms with Gasteiger partial charge in [-0.3, -0.25) is 4.99 Å². The third kappa shape index (κ3) is 10.2. The van der Waals surface area contributed by atoms with Crippen molar-refractivity contribution in [3.05, 3.63) is 0 Å². The first-order valence-corrected chi connectivity index (χ1v) is 5.38. The van der Waals surface area contributed by atoms with Gasteiger partial charge in [0.15, 0.2) is 5.96 Å². The van der Waals surface area contributed by atoms with Crippen molar-refractivity contribution in [2.75, 3.05) is 26.2 Å². The number of rotatable bonds is 6. The first-order valence-electron chi connectivity index (χ1n) is 5.38. The molecular weight excluding hydrogens is 303 g/mol. The highest BCUT2D eigenvalue weighted by atomic mass is 127. The summed E-state index contributed by atoms with van der Waals surface area (Å²) in [6.07, 6.45) is 0. The fourth-order valence-electron chi connectivity index (χ4n) is 1.19. The van der Waals surface area contributed by atoms with Crippen LogP contribution in [0.2, 0.25) is 0 Å². The van der Waals surface area contributed by atoms with Gasteiger partial charge in [0.1, 0.15) is 0 Å². The van der Waals surface area contributed by atoms with Crippen molar-refractivity contribution in [2.45, 2.75) is 33.7 Å². The van der Waals surface area contributed by atoms with E-state index in [2.05, 4.69) is 29.1 Å². The van der Waals surface area contributed by atoms with Crippen molar-refractivity contribution in [3.63, 3.8) is 0 Å². The summed E-state index contributed by atoms with van der Waals surface area (Å²) in [6, 6.07) is 0.354. The molecule has 0 aliphatic carbocycles. The van der Waals surface area contributed by atoms with E-state index in [4.69, 9.17) is 5.73 Å². The number of guanidine groups is 1. The van der Waals surface area contributed by atoms with E-state index in [1.165, 1.54) is 0 Å². The average molecular weight is 328 g/mol. The Balaban J connectivity index is 0. The van der Waals surface area contributed by atoms with E-state index in [1.54, 1.807) is 0 Å². The zero-order valence-electron chi connectivity index (χ0n) is 10.3. The van der Waals surface area contributed by atoms with Crippen LogP contribution in [0.3, 0.4) is 0 Å². The third-order valence-electron chi connectivity index (χ3n) is 2.03. The standard InChI is InChI=1S/C10H24N4.HI/c1-5-14(6-2)8-7-12-10(11)13-9(3)4;/h9H,5-8H2,1-4H3,(H3,11,12,13);1H. The number of nitrogens with zero attached hydrogens (tertiary/aromatic N) is 2. The van der Waals surface area contributed by atoms with Crippen molar-refractivity contribution in [1.82, 2.24) is 10.2 Å². The predicted octanol–water partition coefficient (Wildman–Crippen LogP) is 1.26. The average Bonchev–Trinajstić information content (AvgIpc) is 2.11. The second-order valence-electron chi connectivity index (χ2n) is 3.59. The molecule has 0 aromatic heterocycles. The molecule has 0 aliphatic rings. The largest absolute Gasteiger partial charge is 0.370 e. The van der Waals surface area contributed by atoms with Crippen LogP contribution in [0.15, 0.2) is 4.99 Å². The van der Waals surface area contributed by atoms with Crippen molar-refractivity contribution in [1.29, 1.82) is 0 Å². The van der Waals surface area contributed by atoms with Crippen LogP contribution in [0, 0.1) is 0 Å². The molecule has 0 radical (unpaired) electrons. The van der Waals surface area contributed by atoms with Crippen molar-refractivity contribution >= 4 is 29.9 Å². The number of likely N-dealkylation sites (N-methyl/N-ethyl adjacent to an activating group) is 1. The van der Waals surface area contributed by atoms with Crippen LogP contribution in [0.1, 0.15) is 27.7 Å². The summed E-state index contributed by atoms with van der Waals surface area (Å²) in [5.41, 5.74) is 5.66. The highest BCUT2D eigenvalue weighted by Crippen LogP contribution is 1.86. The Labute approximate surface area is 111 Å². The Kier molecular flexibility index (Phi) is 12.1. The van der Waals surface area contributed by atoms with Gasteiger partial charge in [-0.05, 0) is 26.9 Å². The molecule has 0 bridgehead atoms. The van der Waals surface area contributed by atoms with Gasteiger partial charge in [0.2, 0.25) is 0 Å². The number of aliphatic imine (C=N–C) groups is 1. The van der Waals surface area contributed by atoms with Gasteiger partial charge in [-0.15, -0.1) is 24.0 Å². The van der Waals surface area contributed by atoms with E-state index in [9.17, 15) is 0 Å². The summed E-state index contributed by atoms with van der Waals surface area (Å²) < 4.78 is 0. The number of hydrogen-bond donors (Lipinski definition) is 2. The molecule has 5 heteroatoms. The van der Waals surface area contributed by atoms with E-state index in [0.29, 0.717) is 12.0 Å². The molecule has 0 amide bonds. The predicted molar refractivity (Wildman–Crippen MR) is 78.0 cm³/mol. The maximum atomic E-state index is 5.66. The highest BCUT2D eigenvalue weighted by Gasteiger charge is 1.98. The quantitative estimate of drug-likeness (QED) is 0.438. The minimum absolute atomic E-state index is 0. The van der Waals surface area contributed by atoms with Gasteiger partial charge in [0.25, 0.3) is 0 Å². The second kappa shape index (κ2) is 10.5. The normalized spacial score (nSPS) is 11.7. The van der Waals surface area contributed by atoms with E-state index in [-0.39, 0.29) is 24.0 Å². The molecule has 0 aromatic rings. The Morgan fingerprint density at radius 3 is 2.27 bits per heavy atom. The van der Waals surface area contributed by atoms with Crippen molar-refractivity contribution in [2.24, 2.45) is 10.7 Å². The molecule has 92 valence electrons. The molecule has 0 rings (SSSR count). The summed E-state index contributed by atoms with van der Waals surface area (Å²) in [4.78, 5) is 6.57. The Hall–Kier alpha value is -0.0400. The molecule has 0 spiro atoms. The number of hydrogen-bond acceptors (Lipinski definition) is 2. The lowest BCUT2D eigenvalue weighted by molar-refractivity contribution is 0.313. The van der Waals surface area contributed by atoms with Crippen LogP contribution < -0.4 is 11.1 Å². The highest BCUT2D eigenvalue weighted by molar-refractivity contribution is 14.0. The summed E-state index contributed by atoms with van der Waals surface area (Å²) in [5.74, 6) is 0.548. The van der Waals surface area contributed by atoms with Crippen LogP contribution in [-0.4, -0.2) is 43.1 Å². The fraction of sp³-hybridized carbons (Fsp3) is 0.900. The lowest BCUT2D eigenvalue weighted by atomic mass is 10.4. The van der Waals surface area contributed by atoms with Crippen LogP contribution in [0.25, 0.3) is 0 Å². The van der Waals surface area contributed by atoms with Gasteiger partial charge in [0, 0.05) is 12.6 Å². The second-order valence-corrected chi connectivity index (χ2v) is 3.59. The van der Waals surface area contributed by atoms with Gasteiger partial charge < -0.3 is 16.0 Å². The Morgan fingerprint density at radius 1 is 1.33 bits per heavy atom. The minimum Gasteiger partial charge on any atom is -0.370 e. The van der Waals surface area contributed by atoms with Gasteiger partial charge >= 0.3 is 0 Å². The maximum absolute atomic E-state index is 5.66. The van der Waals surface area contributed by atoms with Gasteiger partial charge in [-0.1, -0.05) is 13.8 Å². The van der Waals surface area contributed by atoms with Crippen LogP contribution >= 0.6 is 24.0 Å². The SMILES string of the molecule is CCN(CC)CCN=C(N)NC(C)C.I. The molecule has 0 saturated heterocycles. The molecule has 0 aliphatic heterocycles. The zero-order valence-corrected chi connectivity index (χ0v) is 12.6. The third-order valence-corrected chi connectivity index (χ3v) is 2.03. The van der Waals surface area contributed by atoms with Crippen molar-refractivity contribution < 1.29 is 0 Å². The molecule has 0 unspecified atom stereocenters. The van der Waals surface area contributed by atoms with Crippen LogP contribution in [0.5, 0.6) is 0 Å². The number of nitrogens with two attached hydrogens (primary N) is 1. The number of nitrogens with one attached hydrogen (secondary N) is 1. The van der Waals surface area contributed by atoms with Crippen molar-refractivity contribution in [3.8, 4) is 0 Å². The smallest absolute Gasteiger partial charge is 0.188 e. The lowest BCUT2D eigenvalue weighted by Crippen LogP contribution is -2.37. The molecule has 3 N–H and O–H groups in total. The van der Waals surface area contributed by atoms with E-state index >= 15 is 0 Å². The lowest BCUT2D eigenvalue weighted by Gasteiger charge is -2.16. The van der Waals surface area contributed by atoms with Crippen LogP contribution in [-0.2, 0) is 0 Å². The van der Waals surface area contributed by atoms with E-state index in [0.717, 1.165) is 26.2 Å². The molecule has 0 saturated carbocycles. The van der Waals surface area contributed by atoms with Gasteiger partial charge in [0.05, 0.1) is 6.54 Å². The molecule has 0 heterocycles. The van der Waals surface area contributed by atoms with E-state index < -0.39 is 0 Å². The fourth-order valence-corrected chi connectivity index (χ4v) is 1.19. The monoisotopic (exact) mass is 328 g/mol. The minimum atomic E-state index is 0. The Bertz CT molecular complexity index is 167. The summed E-state index contributed by atoms with van der Waals surface area (Å²) >= 11 is 0. The first kappa shape index (κ1) is 17.4. The molecule has 0 fully saturated rings. The molecule has 15 heavy (non-hydrogen) atoms. The molecule has 0 atom stereocenters.